The van der Waals surface area contributed by atoms with Gasteiger partial charge in [-0.2, -0.15) is 0 Å². The summed E-state index contributed by atoms with van der Waals surface area (Å²) in [5.74, 6) is 0.547. The topological polar surface area (TPSA) is 128 Å². The Kier molecular flexibility index (Phi) is 8.35. The van der Waals surface area contributed by atoms with Crippen molar-refractivity contribution in [3.05, 3.63) is 83.7 Å². The molecule has 1 fully saturated rings. The second-order valence-electron chi connectivity index (χ2n) is 10.4. The normalized spacial score (nSPS) is 17.6. The summed E-state index contributed by atoms with van der Waals surface area (Å²) < 4.78 is 6.98. The first-order valence-electron chi connectivity index (χ1n) is 13.6. The number of carbonyl (C=O) groups excluding carboxylic acids is 2. The van der Waals surface area contributed by atoms with Crippen molar-refractivity contribution < 1.29 is 14.3 Å². The third-order valence-corrected chi connectivity index (χ3v) is 7.55. The molecule has 10 heteroatoms. The number of hydrogen-bond donors (Lipinski definition) is 2. The SMILES string of the molecule is COc1ccc(C[C@@H]2C[C@@H](C(=O)NCc3ccc4c(c3)nnn4C)N(C(=O)[C@H](N)CCc3ccccn3)C2)cc1. The lowest BCUT2D eigenvalue weighted by Crippen LogP contribution is -2.51. The van der Waals surface area contributed by atoms with Gasteiger partial charge < -0.3 is 20.7 Å². The Balaban J connectivity index is 1.27. The first kappa shape index (κ1) is 27.3. The Bertz CT molecular complexity index is 1460. The predicted octanol–water partition coefficient (Wildman–Crippen LogP) is 2.41. The molecule has 5 rings (SSSR count). The number of fused-ring (bicyclic) bond motifs is 1. The first-order chi connectivity index (χ1) is 19.4. The van der Waals surface area contributed by atoms with E-state index in [0.717, 1.165) is 40.0 Å². The summed E-state index contributed by atoms with van der Waals surface area (Å²) in [7, 11) is 3.48. The fraction of sp³-hybridized carbons (Fsp3) is 0.367. The van der Waals surface area contributed by atoms with E-state index in [9.17, 15) is 9.59 Å². The maximum atomic E-state index is 13.6. The number of aryl methyl sites for hydroxylation is 2. The van der Waals surface area contributed by atoms with Gasteiger partial charge in [0.05, 0.1) is 18.7 Å². The molecule has 2 amide bonds. The lowest BCUT2D eigenvalue weighted by atomic mass is 9.96. The standard InChI is InChI=1S/C30H35N7O3/c1-36-27-13-8-21(16-26(27)34-35-36)18-33-29(38)28-17-22(15-20-6-10-24(40-2)11-7-20)19-37(28)30(39)25(31)12-9-23-5-3-4-14-32-23/h3-8,10-11,13-14,16,22,25,28H,9,12,15,17-19,31H2,1-2H3,(H,33,38)/t22-,25-,28+/m1/s1. The van der Waals surface area contributed by atoms with E-state index in [1.54, 1.807) is 22.9 Å². The van der Waals surface area contributed by atoms with E-state index in [1.807, 2.05) is 67.7 Å². The van der Waals surface area contributed by atoms with Crippen LogP contribution in [0.4, 0.5) is 0 Å². The van der Waals surface area contributed by atoms with Gasteiger partial charge in [0.1, 0.15) is 17.3 Å². The molecule has 0 bridgehead atoms. The lowest BCUT2D eigenvalue weighted by Gasteiger charge is -2.27. The molecule has 4 aromatic rings. The maximum Gasteiger partial charge on any atom is 0.243 e. The molecule has 0 unspecified atom stereocenters. The molecule has 3 N–H and O–H groups in total. The summed E-state index contributed by atoms with van der Waals surface area (Å²) in [5, 5.41) is 11.2. The van der Waals surface area contributed by atoms with E-state index >= 15 is 0 Å². The average molecular weight is 542 g/mol. The molecule has 0 saturated carbocycles. The van der Waals surface area contributed by atoms with Gasteiger partial charge in [-0.1, -0.05) is 29.5 Å². The van der Waals surface area contributed by atoms with Crippen molar-refractivity contribution in [2.45, 2.75) is 44.3 Å². The predicted molar refractivity (Wildman–Crippen MR) is 151 cm³/mol. The number of aromatic nitrogens is 4. The Labute approximate surface area is 233 Å². The molecule has 208 valence electrons. The van der Waals surface area contributed by atoms with Crippen molar-refractivity contribution in [3.8, 4) is 5.75 Å². The minimum atomic E-state index is -0.712. The first-order valence-corrected chi connectivity index (χ1v) is 13.6. The third-order valence-electron chi connectivity index (χ3n) is 7.55. The highest BCUT2D eigenvalue weighted by Crippen LogP contribution is 2.28. The number of carbonyl (C=O) groups is 2. The zero-order chi connectivity index (χ0) is 28.1. The van der Waals surface area contributed by atoms with Gasteiger partial charge in [0.2, 0.25) is 11.8 Å². The number of likely N-dealkylation sites (tertiary alicyclic amines) is 1. The molecule has 1 aliphatic rings. The van der Waals surface area contributed by atoms with Gasteiger partial charge in [-0.3, -0.25) is 14.6 Å². The van der Waals surface area contributed by atoms with E-state index < -0.39 is 12.1 Å². The average Bonchev–Trinajstić information content (AvgIpc) is 3.58. The second-order valence-corrected chi connectivity index (χ2v) is 10.4. The molecule has 40 heavy (non-hydrogen) atoms. The van der Waals surface area contributed by atoms with Gasteiger partial charge in [0.25, 0.3) is 0 Å². The second kappa shape index (κ2) is 12.3. The fourth-order valence-corrected chi connectivity index (χ4v) is 5.35. The minimum Gasteiger partial charge on any atom is -0.497 e. The van der Waals surface area contributed by atoms with Crippen LogP contribution < -0.4 is 15.8 Å². The summed E-state index contributed by atoms with van der Waals surface area (Å²) in [4.78, 5) is 33.0. The summed E-state index contributed by atoms with van der Waals surface area (Å²) >= 11 is 0. The van der Waals surface area contributed by atoms with E-state index in [2.05, 4.69) is 20.6 Å². The van der Waals surface area contributed by atoms with Crippen LogP contribution in [0.2, 0.25) is 0 Å². The van der Waals surface area contributed by atoms with Crippen LogP contribution in [0.1, 0.15) is 29.7 Å². The van der Waals surface area contributed by atoms with Crippen LogP contribution in [0.25, 0.3) is 11.0 Å². The summed E-state index contributed by atoms with van der Waals surface area (Å²) in [6, 6.07) is 18.1. The summed E-state index contributed by atoms with van der Waals surface area (Å²) in [6.07, 6.45) is 4.11. The van der Waals surface area contributed by atoms with E-state index in [1.165, 1.54) is 0 Å². The highest BCUT2D eigenvalue weighted by molar-refractivity contribution is 5.90. The third kappa shape index (κ3) is 6.28. The van der Waals surface area contributed by atoms with Gasteiger partial charge in [0.15, 0.2) is 0 Å². The molecule has 2 aromatic heterocycles. The molecule has 2 aromatic carbocycles. The number of amides is 2. The largest absolute Gasteiger partial charge is 0.497 e. The zero-order valence-electron chi connectivity index (χ0n) is 22.9. The number of nitrogens with two attached hydrogens (primary N) is 1. The van der Waals surface area contributed by atoms with Crippen LogP contribution in [0.5, 0.6) is 5.75 Å². The number of methoxy groups -OCH3 is 1. The van der Waals surface area contributed by atoms with Crippen molar-refractivity contribution in [1.82, 2.24) is 30.2 Å². The van der Waals surface area contributed by atoms with Crippen LogP contribution >= 0.6 is 0 Å². The van der Waals surface area contributed by atoms with Crippen LogP contribution in [0.3, 0.4) is 0 Å². The van der Waals surface area contributed by atoms with Gasteiger partial charge in [-0.05, 0) is 79.1 Å². The minimum absolute atomic E-state index is 0.132. The van der Waals surface area contributed by atoms with E-state index in [0.29, 0.717) is 32.4 Å². The number of ether oxygens (including phenoxy) is 1. The number of rotatable bonds is 10. The van der Waals surface area contributed by atoms with Crippen LogP contribution in [0.15, 0.2) is 66.9 Å². The fourth-order valence-electron chi connectivity index (χ4n) is 5.35. The number of pyridine rings is 1. The molecule has 1 aliphatic heterocycles. The molecule has 0 spiro atoms. The lowest BCUT2D eigenvalue weighted by molar-refractivity contribution is -0.139. The Morgan fingerprint density at radius 3 is 2.67 bits per heavy atom. The van der Waals surface area contributed by atoms with E-state index in [-0.39, 0.29) is 17.7 Å². The molecule has 0 radical (unpaired) electrons. The van der Waals surface area contributed by atoms with Gasteiger partial charge in [-0.15, -0.1) is 5.10 Å². The Morgan fingerprint density at radius 2 is 1.93 bits per heavy atom. The van der Waals surface area contributed by atoms with Crippen molar-refractivity contribution in [1.29, 1.82) is 0 Å². The summed E-state index contributed by atoms with van der Waals surface area (Å²) in [6.45, 7) is 0.810. The number of nitrogens with one attached hydrogen (secondary N) is 1. The highest BCUT2D eigenvalue weighted by atomic mass is 16.5. The molecule has 3 atom stereocenters. The van der Waals surface area contributed by atoms with Crippen LogP contribution in [-0.4, -0.2) is 62.4 Å². The van der Waals surface area contributed by atoms with Gasteiger partial charge in [0, 0.05) is 32.0 Å². The van der Waals surface area contributed by atoms with E-state index in [4.69, 9.17) is 10.5 Å². The van der Waals surface area contributed by atoms with Crippen molar-refractivity contribution in [2.24, 2.45) is 18.7 Å². The molecule has 0 aliphatic carbocycles. The van der Waals surface area contributed by atoms with Crippen LogP contribution in [-0.2, 0) is 36.0 Å². The summed E-state index contributed by atoms with van der Waals surface area (Å²) in [5.41, 5.74) is 11.0. The number of hydrogen-bond acceptors (Lipinski definition) is 7. The van der Waals surface area contributed by atoms with Gasteiger partial charge in [-0.25, -0.2) is 4.68 Å². The van der Waals surface area contributed by atoms with Crippen molar-refractivity contribution >= 4 is 22.8 Å². The Hall–Kier alpha value is -4.31. The quantitative estimate of drug-likeness (QED) is 0.316. The van der Waals surface area contributed by atoms with Crippen LogP contribution in [0, 0.1) is 5.92 Å². The molecule has 10 nitrogen and oxygen atoms in total. The Morgan fingerprint density at radius 1 is 1.12 bits per heavy atom. The molecular weight excluding hydrogens is 506 g/mol. The maximum absolute atomic E-state index is 13.6. The monoisotopic (exact) mass is 541 g/mol. The molecular formula is C30H35N7O3. The highest BCUT2D eigenvalue weighted by Gasteiger charge is 2.40. The van der Waals surface area contributed by atoms with Gasteiger partial charge >= 0.3 is 0 Å². The molecule has 1 saturated heterocycles. The van der Waals surface area contributed by atoms with Crippen molar-refractivity contribution in [2.75, 3.05) is 13.7 Å². The number of benzene rings is 2. The zero-order valence-corrected chi connectivity index (χ0v) is 22.9. The number of nitrogens with zero attached hydrogens (tertiary/aromatic N) is 5. The smallest absolute Gasteiger partial charge is 0.243 e. The van der Waals surface area contributed by atoms with Crippen molar-refractivity contribution in [3.63, 3.8) is 0 Å². The molecule has 3 heterocycles.